The fourth-order valence-electron chi connectivity index (χ4n) is 4.38. The molecule has 0 bridgehead atoms. The van der Waals surface area contributed by atoms with Crippen molar-refractivity contribution in [3.63, 3.8) is 0 Å². The molecule has 1 saturated heterocycles. The fourth-order valence-corrected chi connectivity index (χ4v) is 4.38. The molecule has 188 valence electrons. The summed E-state index contributed by atoms with van der Waals surface area (Å²) in [6.07, 6.45) is 0. The summed E-state index contributed by atoms with van der Waals surface area (Å²) < 4.78 is 21.8. The van der Waals surface area contributed by atoms with Gasteiger partial charge in [-0.25, -0.2) is 4.98 Å². The molecular weight excluding hydrogens is 460 g/mol. The van der Waals surface area contributed by atoms with Crippen molar-refractivity contribution < 1.29 is 23.7 Å². The number of fused-ring (bicyclic) bond motifs is 1. The Labute approximate surface area is 210 Å². The summed E-state index contributed by atoms with van der Waals surface area (Å²) in [5, 5.41) is 3.04. The van der Waals surface area contributed by atoms with E-state index in [0.717, 1.165) is 43.1 Å². The van der Waals surface area contributed by atoms with Crippen LogP contribution in [0.3, 0.4) is 0 Å². The molecular formula is C27H30N4O5. The van der Waals surface area contributed by atoms with Crippen LogP contribution in [-0.4, -0.2) is 70.0 Å². The number of amides is 1. The third-order valence-corrected chi connectivity index (χ3v) is 6.50. The molecule has 5 rings (SSSR count). The minimum absolute atomic E-state index is 0.182. The zero-order valence-electron chi connectivity index (χ0n) is 20.7. The first-order valence-electron chi connectivity index (χ1n) is 11.9. The number of anilines is 1. The Morgan fingerprint density at radius 3 is 2.56 bits per heavy atom. The Morgan fingerprint density at radius 1 is 0.972 bits per heavy atom. The van der Waals surface area contributed by atoms with Crippen molar-refractivity contribution in [3.8, 4) is 34.3 Å². The molecule has 1 fully saturated rings. The molecule has 9 nitrogen and oxygen atoms in total. The quantitative estimate of drug-likeness (QED) is 0.541. The summed E-state index contributed by atoms with van der Waals surface area (Å²) in [6.45, 7) is 3.94. The molecule has 0 unspecified atom stereocenters. The zero-order valence-corrected chi connectivity index (χ0v) is 20.7. The third-order valence-electron chi connectivity index (χ3n) is 6.50. The first-order valence-corrected chi connectivity index (χ1v) is 11.9. The number of carbonyl (C=O) groups excluding carboxylic acids is 1. The number of rotatable bonds is 7. The van der Waals surface area contributed by atoms with Crippen LogP contribution in [-0.2, 0) is 6.54 Å². The third kappa shape index (κ3) is 4.87. The van der Waals surface area contributed by atoms with E-state index >= 15 is 0 Å². The SMILES string of the molecule is COc1ccc(OC)c(-c2ccc(C(=O)NCc3ccc4c(c3)OCO4)c(N3CCN(C)CC3)n2)c1. The van der Waals surface area contributed by atoms with E-state index in [9.17, 15) is 4.79 Å². The van der Waals surface area contributed by atoms with E-state index < -0.39 is 0 Å². The first kappa shape index (κ1) is 23.7. The van der Waals surface area contributed by atoms with E-state index in [2.05, 4.69) is 22.2 Å². The van der Waals surface area contributed by atoms with Gasteiger partial charge in [-0.2, -0.15) is 0 Å². The minimum Gasteiger partial charge on any atom is -0.497 e. The van der Waals surface area contributed by atoms with Crippen LogP contribution in [0.25, 0.3) is 11.3 Å². The lowest BCUT2D eigenvalue weighted by Gasteiger charge is -2.34. The van der Waals surface area contributed by atoms with Crippen LogP contribution in [0.15, 0.2) is 48.5 Å². The van der Waals surface area contributed by atoms with E-state index in [1.165, 1.54) is 0 Å². The van der Waals surface area contributed by atoms with Crippen molar-refractivity contribution in [2.75, 3.05) is 59.1 Å². The van der Waals surface area contributed by atoms with Gasteiger partial charge >= 0.3 is 0 Å². The highest BCUT2D eigenvalue weighted by Gasteiger charge is 2.23. The molecule has 0 radical (unpaired) electrons. The van der Waals surface area contributed by atoms with Gasteiger partial charge in [-0.1, -0.05) is 6.07 Å². The predicted molar refractivity (Wildman–Crippen MR) is 136 cm³/mol. The average molecular weight is 491 g/mol. The molecule has 0 saturated carbocycles. The van der Waals surface area contributed by atoms with E-state index in [4.69, 9.17) is 23.9 Å². The van der Waals surface area contributed by atoms with E-state index in [1.807, 2.05) is 48.5 Å². The Hall–Kier alpha value is -3.98. The van der Waals surface area contributed by atoms with Gasteiger partial charge in [-0.3, -0.25) is 4.79 Å². The smallest absolute Gasteiger partial charge is 0.255 e. The van der Waals surface area contributed by atoms with E-state index in [-0.39, 0.29) is 12.7 Å². The summed E-state index contributed by atoms with van der Waals surface area (Å²) in [6, 6.07) is 15.0. The lowest BCUT2D eigenvalue weighted by atomic mass is 10.1. The number of likely N-dealkylation sites (N-methyl/N-ethyl adjacent to an activating group) is 1. The van der Waals surface area contributed by atoms with Crippen LogP contribution in [0.1, 0.15) is 15.9 Å². The molecule has 2 aliphatic heterocycles. The van der Waals surface area contributed by atoms with Gasteiger partial charge < -0.3 is 34.1 Å². The van der Waals surface area contributed by atoms with Gasteiger partial charge in [0, 0.05) is 38.3 Å². The number of aromatic nitrogens is 1. The Kier molecular flexibility index (Phi) is 6.81. The van der Waals surface area contributed by atoms with Gasteiger partial charge in [0.15, 0.2) is 11.5 Å². The summed E-state index contributed by atoms with van der Waals surface area (Å²) in [4.78, 5) is 22.8. The van der Waals surface area contributed by atoms with Crippen molar-refractivity contribution in [3.05, 3.63) is 59.7 Å². The van der Waals surface area contributed by atoms with Crippen LogP contribution in [0.5, 0.6) is 23.0 Å². The number of benzene rings is 2. The highest BCUT2D eigenvalue weighted by molar-refractivity contribution is 5.99. The van der Waals surface area contributed by atoms with Gasteiger partial charge in [0.2, 0.25) is 6.79 Å². The van der Waals surface area contributed by atoms with E-state index in [1.54, 1.807) is 14.2 Å². The monoisotopic (exact) mass is 490 g/mol. The molecule has 0 atom stereocenters. The standard InChI is InChI=1S/C27H30N4O5/c1-30-10-12-31(13-11-30)26-20(27(32)28-16-18-4-8-24-25(14-18)36-17-35-24)6-7-22(29-26)21-15-19(33-2)5-9-23(21)34-3/h4-9,14-15H,10-13,16-17H2,1-3H3,(H,28,32). The maximum absolute atomic E-state index is 13.4. The number of piperazine rings is 1. The lowest BCUT2D eigenvalue weighted by Crippen LogP contribution is -2.45. The number of ether oxygens (including phenoxy) is 4. The molecule has 3 heterocycles. The van der Waals surface area contributed by atoms with Crippen molar-refractivity contribution in [1.29, 1.82) is 0 Å². The summed E-state index contributed by atoms with van der Waals surface area (Å²) >= 11 is 0. The highest BCUT2D eigenvalue weighted by atomic mass is 16.7. The zero-order chi connectivity index (χ0) is 25.1. The van der Waals surface area contributed by atoms with Crippen LogP contribution < -0.4 is 29.2 Å². The van der Waals surface area contributed by atoms with Crippen LogP contribution in [0.4, 0.5) is 5.82 Å². The second-order valence-electron chi connectivity index (χ2n) is 8.79. The van der Waals surface area contributed by atoms with Gasteiger partial charge in [0.25, 0.3) is 5.91 Å². The predicted octanol–water partition coefficient (Wildman–Crippen LogP) is 3.18. The Balaban J connectivity index is 1.44. The molecule has 2 aliphatic rings. The Bertz CT molecular complexity index is 1260. The number of carbonyl (C=O) groups is 1. The number of hydrogen-bond acceptors (Lipinski definition) is 8. The number of hydrogen-bond donors (Lipinski definition) is 1. The molecule has 1 aromatic heterocycles. The first-order chi connectivity index (χ1) is 17.6. The molecule has 1 N–H and O–H groups in total. The second-order valence-corrected chi connectivity index (χ2v) is 8.79. The normalized spacial score (nSPS) is 15.0. The molecule has 3 aromatic rings. The summed E-state index contributed by atoms with van der Waals surface area (Å²) in [7, 11) is 5.36. The van der Waals surface area contributed by atoms with Crippen molar-refractivity contribution >= 4 is 11.7 Å². The van der Waals surface area contributed by atoms with Crippen LogP contribution in [0.2, 0.25) is 0 Å². The topological polar surface area (TPSA) is 85.4 Å². The largest absolute Gasteiger partial charge is 0.497 e. The molecule has 36 heavy (non-hydrogen) atoms. The molecule has 2 aromatic carbocycles. The maximum Gasteiger partial charge on any atom is 0.255 e. The van der Waals surface area contributed by atoms with Crippen LogP contribution in [0, 0.1) is 0 Å². The lowest BCUT2D eigenvalue weighted by molar-refractivity contribution is 0.0951. The molecule has 0 aliphatic carbocycles. The second kappa shape index (κ2) is 10.3. The molecule has 9 heteroatoms. The average Bonchev–Trinajstić information content (AvgIpc) is 3.39. The maximum atomic E-state index is 13.4. The fraction of sp³-hybridized carbons (Fsp3) is 0.333. The van der Waals surface area contributed by atoms with Gasteiger partial charge in [-0.05, 0) is 55.1 Å². The summed E-state index contributed by atoms with van der Waals surface area (Å²) in [5.41, 5.74) is 2.98. The number of pyridine rings is 1. The molecule has 1 amide bonds. The minimum atomic E-state index is -0.182. The van der Waals surface area contributed by atoms with Crippen LogP contribution >= 0.6 is 0 Å². The number of methoxy groups -OCH3 is 2. The van der Waals surface area contributed by atoms with Crippen molar-refractivity contribution in [1.82, 2.24) is 15.2 Å². The van der Waals surface area contributed by atoms with Crippen molar-refractivity contribution in [2.24, 2.45) is 0 Å². The summed E-state index contributed by atoms with van der Waals surface area (Å²) in [5.74, 6) is 3.28. The highest BCUT2D eigenvalue weighted by Crippen LogP contribution is 2.35. The van der Waals surface area contributed by atoms with Crippen molar-refractivity contribution in [2.45, 2.75) is 6.54 Å². The van der Waals surface area contributed by atoms with Gasteiger partial charge in [-0.15, -0.1) is 0 Å². The van der Waals surface area contributed by atoms with Gasteiger partial charge in [0.05, 0.1) is 25.5 Å². The molecule has 0 spiro atoms. The Morgan fingerprint density at radius 2 is 1.78 bits per heavy atom. The van der Waals surface area contributed by atoms with E-state index in [0.29, 0.717) is 40.9 Å². The number of nitrogens with one attached hydrogen (secondary N) is 1. The number of nitrogens with zero attached hydrogens (tertiary/aromatic N) is 3. The van der Waals surface area contributed by atoms with Gasteiger partial charge in [0.1, 0.15) is 17.3 Å².